The number of pyridine rings is 1. The fraction of sp³-hybridized carbons (Fsp3) is 0.412. The highest BCUT2D eigenvalue weighted by molar-refractivity contribution is 7.09. The molecule has 0 amide bonds. The second kappa shape index (κ2) is 6.28. The number of fused-ring (bicyclic) bond motifs is 1. The van der Waals surface area contributed by atoms with E-state index in [1.54, 1.807) is 11.3 Å². The van der Waals surface area contributed by atoms with Gasteiger partial charge in [-0.25, -0.2) is 4.98 Å². The average molecular weight is 297 g/mol. The van der Waals surface area contributed by atoms with Crippen molar-refractivity contribution in [1.82, 2.24) is 4.98 Å². The van der Waals surface area contributed by atoms with Crippen LogP contribution in [0.4, 0.5) is 5.82 Å². The molecule has 2 heterocycles. The number of hydrogen-bond donors (Lipinski definition) is 0. The summed E-state index contributed by atoms with van der Waals surface area (Å²) in [5.41, 5.74) is 3.18. The Morgan fingerprint density at radius 1 is 1.38 bits per heavy atom. The van der Waals surface area contributed by atoms with E-state index < -0.39 is 0 Å². The molecule has 0 atom stereocenters. The third kappa shape index (κ3) is 3.08. The van der Waals surface area contributed by atoms with Gasteiger partial charge in [0.25, 0.3) is 0 Å². The predicted molar refractivity (Wildman–Crippen MR) is 86.9 cm³/mol. The topological polar surface area (TPSA) is 39.9 Å². The summed E-state index contributed by atoms with van der Waals surface area (Å²) in [6, 6.07) is 8.61. The second-order valence-electron chi connectivity index (χ2n) is 5.54. The summed E-state index contributed by atoms with van der Waals surface area (Å²) in [5.74, 6) is 0.842. The molecular weight excluding hydrogens is 278 g/mol. The first-order valence-corrected chi connectivity index (χ1v) is 8.32. The highest BCUT2D eigenvalue weighted by Gasteiger charge is 2.17. The lowest BCUT2D eigenvalue weighted by Gasteiger charge is -2.23. The van der Waals surface area contributed by atoms with Crippen LogP contribution in [0.2, 0.25) is 0 Å². The quantitative estimate of drug-likeness (QED) is 0.866. The smallest absolute Gasteiger partial charge is 0.146 e. The van der Waals surface area contributed by atoms with Crippen LogP contribution in [0.15, 0.2) is 23.6 Å². The van der Waals surface area contributed by atoms with Gasteiger partial charge >= 0.3 is 0 Å². The molecule has 1 aliphatic carbocycles. The van der Waals surface area contributed by atoms with Crippen LogP contribution in [-0.2, 0) is 19.3 Å². The van der Waals surface area contributed by atoms with Crippen molar-refractivity contribution in [2.45, 2.75) is 32.1 Å². The molecule has 0 saturated heterocycles. The minimum atomic E-state index is 0.712. The van der Waals surface area contributed by atoms with E-state index in [2.05, 4.69) is 34.5 Å². The number of aromatic nitrogens is 1. The average Bonchev–Trinajstić information content (AvgIpc) is 3.04. The Balaban J connectivity index is 1.81. The molecule has 0 fully saturated rings. The van der Waals surface area contributed by atoms with Crippen molar-refractivity contribution in [3.63, 3.8) is 0 Å². The minimum absolute atomic E-state index is 0.712. The summed E-state index contributed by atoms with van der Waals surface area (Å²) < 4.78 is 0. The summed E-state index contributed by atoms with van der Waals surface area (Å²) in [5, 5.41) is 11.5. The highest BCUT2D eigenvalue weighted by Crippen LogP contribution is 2.26. The Kier molecular flexibility index (Phi) is 4.21. The van der Waals surface area contributed by atoms with E-state index in [0.717, 1.165) is 31.6 Å². The van der Waals surface area contributed by atoms with E-state index in [9.17, 15) is 5.26 Å². The van der Waals surface area contributed by atoms with E-state index in [1.807, 2.05) is 7.05 Å². The number of nitrogens with zero attached hydrogens (tertiary/aromatic N) is 3. The molecule has 3 nitrogen and oxygen atoms in total. The molecule has 0 aliphatic heterocycles. The summed E-state index contributed by atoms with van der Waals surface area (Å²) in [4.78, 5) is 8.28. The molecule has 0 N–H and O–H groups in total. The number of likely N-dealkylation sites (N-methyl/N-ethyl adjacent to an activating group) is 1. The maximum absolute atomic E-state index is 9.41. The summed E-state index contributed by atoms with van der Waals surface area (Å²) in [6.07, 6.45) is 5.54. The molecule has 3 rings (SSSR count). The predicted octanol–water partition coefficient (Wildman–Crippen LogP) is 3.57. The molecule has 108 valence electrons. The Labute approximate surface area is 129 Å². The zero-order valence-electron chi connectivity index (χ0n) is 12.3. The van der Waals surface area contributed by atoms with Gasteiger partial charge in [-0.3, -0.25) is 0 Å². The molecule has 1 aliphatic rings. The monoisotopic (exact) mass is 297 g/mol. The maximum atomic E-state index is 9.41. The van der Waals surface area contributed by atoms with Crippen LogP contribution in [0.5, 0.6) is 0 Å². The molecule has 2 aromatic rings. The molecule has 21 heavy (non-hydrogen) atoms. The minimum Gasteiger partial charge on any atom is -0.358 e. The Hall–Kier alpha value is -1.86. The molecule has 0 saturated carbocycles. The lowest BCUT2D eigenvalue weighted by molar-refractivity contribution is 0.665. The van der Waals surface area contributed by atoms with Crippen molar-refractivity contribution in [2.75, 3.05) is 18.5 Å². The van der Waals surface area contributed by atoms with Crippen LogP contribution in [0.3, 0.4) is 0 Å². The maximum Gasteiger partial charge on any atom is 0.146 e. The molecule has 0 aromatic carbocycles. The number of nitriles is 1. The molecule has 0 unspecified atom stereocenters. The first kappa shape index (κ1) is 14.1. The van der Waals surface area contributed by atoms with Crippen LogP contribution >= 0.6 is 11.3 Å². The Bertz CT molecular complexity index is 655. The van der Waals surface area contributed by atoms with E-state index in [1.165, 1.54) is 29.0 Å². The fourth-order valence-corrected chi connectivity index (χ4v) is 3.53. The van der Waals surface area contributed by atoms with Crippen LogP contribution < -0.4 is 4.90 Å². The van der Waals surface area contributed by atoms with Gasteiger partial charge in [-0.2, -0.15) is 5.26 Å². The van der Waals surface area contributed by atoms with Crippen molar-refractivity contribution in [3.05, 3.63) is 45.3 Å². The Morgan fingerprint density at radius 2 is 2.24 bits per heavy atom. The number of hydrogen-bond acceptors (Lipinski definition) is 4. The van der Waals surface area contributed by atoms with Crippen molar-refractivity contribution in [1.29, 1.82) is 5.26 Å². The molecule has 0 radical (unpaired) electrons. The normalized spacial score (nSPS) is 13.5. The fourth-order valence-electron chi connectivity index (χ4n) is 2.83. The highest BCUT2D eigenvalue weighted by atomic mass is 32.1. The summed E-state index contributed by atoms with van der Waals surface area (Å²) in [7, 11) is 2.03. The summed E-state index contributed by atoms with van der Waals surface area (Å²) in [6.45, 7) is 0.890. The molecule has 0 bridgehead atoms. The zero-order chi connectivity index (χ0) is 14.7. The lowest BCUT2D eigenvalue weighted by atomic mass is 9.95. The van der Waals surface area contributed by atoms with Crippen molar-refractivity contribution in [3.8, 4) is 6.07 Å². The van der Waals surface area contributed by atoms with Crippen LogP contribution in [0, 0.1) is 11.3 Å². The second-order valence-corrected chi connectivity index (χ2v) is 6.57. The van der Waals surface area contributed by atoms with Gasteiger partial charge in [-0.1, -0.05) is 6.07 Å². The SMILES string of the molecule is CN(CCc1cccs1)c1nc2c(cc1C#N)CCCC2. The van der Waals surface area contributed by atoms with E-state index in [4.69, 9.17) is 4.98 Å². The number of anilines is 1. The van der Waals surface area contributed by atoms with Gasteiger partial charge in [-0.15, -0.1) is 11.3 Å². The lowest BCUT2D eigenvalue weighted by Crippen LogP contribution is -2.23. The number of aryl methyl sites for hydroxylation is 2. The standard InChI is InChI=1S/C17H19N3S/c1-20(9-8-15-6-4-10-21-15)17-14(12-18)11-13-5-2-3-7-16(13)19-17/h4,6,10-11H,2-3,5,7-9H2,1H3. The number of rotatable bonds is 4. The van der Waals surface area contributed by atoms with Gasteiger partial charge in [0.05, 0.1) is 5.56 Å². The molecule has 4 heteroatoms. The van der Waals surface area contributed by atoms with Crippen LogP contribution in [0.1, 0.15) is 34.5 Å². The van der Waals surface area contributed by atoms with Gasteiger partial charge in [0.1, 0.15) is 11.9 Å². The molecule has 0 spiro atoms. The number of thiophene rings is 1. The third-order valence-corrected chi connectivity index (χ3v) is 4.97. The summed E-state index contributed by atoms with van der Waals surface area (Å²) >= 11 is 1.78. The van der Waals surface area contributed by atoms with Gasteiger partial charge in [0, 0.05) is 24.2 Å². The third-order valence-electron chi connectivity index (χ3n) is 4.04. The van der Waals surface area contributed by atoms with Crippen LogP contribution in [-0.4, -0.2) is 18.6 Å². The zero-order valence-corrected chi connectivity index (χ0v) is 13.1. The first-order chi connectivity index (χ1) is 10.3. The van der Waals surface area contributed by atoms with Gasteiger partial charge in [0.2, 0.25) is 0 Å². The van der Waals surface area contributed by atoms with Gasteiger partial charge in [0.15, 0.2) is 0 Å². The van der Waals surface area contributed by atoms with E-state index in [0.29, 0.717) is 5.56 Å². The van der Waals surface area contributed by atoms with Crippen molar-refractivity contribution >= 4 is 17.2 Å². The van der Waals surface area contributed by atoms with E-state index in [-0.39, 0.29) is 0 Å². The van der Waals surface area contributed by atoms with Crippen molar-refractivity contribution < 1.29 is 0 Å². The molecule has 2 aromatic heterocycles. The van der Waals surface area contributed by atoms with Crippen LogP contribution in [0.25, 0.3) is 0 Å². The first-order valence-electron chi connectivity index (χ1n) is 7.44. The van der Waals surface area contributed by atoms with Crippen molar-refractivity contribution in [2.24, 2.45) is 0 Å². The van der Waals surface area contributed by atoms with E-state index >= 15 is 0 Å². The van der Waals surface area contributed by atoms with Gasteiger partial charge < -0.3 is 4.90 Å². The Morgan fingerprint density at radius 3 is 3.00 bits per heavy atom. The molecular formula is C17H19N3S. The largest absolute Gasteiger partial charge is 0.358 e. The van der Waals surface area contributed by atoms with Gasteiger partial charge in [-0.05, 0) is 55.2 Å².